The molecular formula is C20H27FN4O4S. The number of nitrogens with one attached hydrogen (secondary N) is 2. The second kappa shape index (κ2) is 8.24. The Balaban J connectivity index is 1.52. The van der Waals surface area contributed by atoms with E-state index in [0.717, 1.165) is 19.1 Å². The van der Waals surface area contributed by atoms with Crippen LogP contribution in [0.4, 0.5) is 4.39 Å². The molecule has 0 radical (unpaired) electrons. The fraction of sp³-hybridized carbons (Fsp3) is 0.600. The molecule has 8 nitrogen and oxygen atoms in total. The number of carbonyl (C=O) groups is 2. The number of fused-ring (bicyclic) bond motifs is 1. The highest BCUT2D eigenvalue weighted by Crippen LogP contribution is 2.30. The predicted molar refractivity (Wildman–Crippen MR) is 108 cm³/mol. The van der Waals surface area contributed by atoms with Gasteiger partial charge in [-0.25, -0.2) is 17.5 Å². The van der Waals surface area contributed by atoms with Gasteiger partial charge >= 0.3 is 0 Å². The third-order valence-electron chi connectivity index (χ3n) is 6.00. The van der Waals surface area contributed by atoms with Crippen LogP contribution in [0.25, 0.3) is 0 Å². The van der Waals surface area contributed by atoms with Gasteiger partial charge < -0.3 is 10.2 Å². The van der Waals surface area contributed by atoms with Crippen molar-refractivity contribution in [2.24, 2.45) is 5.92 Å². The first-order valence-electron chi connectivity index (χ1n) is 10.2. The van der Waals surface area contributed by atoms with Crippen molar-refractivity contribution in [2.45, 2.75) is 43.9 Å². The number of halogens is 1. The molecule has 0 spiro atoms. The van der Waals surface area contributed by atoms with Gasteiger partial charge in [0.15, 0.2) is 0 Å². The summed E-state index contributed by atoms with van der Waals surface area (Å²) >= 11 is 0. The quantitative estimate of drug-likeness (QED) is 0.627. The van der Waals surface area contributed by atoms with Gasteiger partial charge in [-0.2, -0.15) is 0 Å². The molecule has 1 aromatic carbocycles. The highest BCUT2D eigenvalue weighted by molar-refractivity contribution is 7.88. The van der Waals surface area contributed by atoms with E-state index < -0.39 is 16.1 Å². The number of hydrogen-bond acceptors (Lipinski definition) is 5. The summed E-state index contributed by atoms with van der Waals surface area (Å²) in [6, 6.07) is 5.34. The Morgan fingerprint density at radius 1 is 1.23 bits per heavy atom. The zero-order valence-corrected chi connectivity index (χ0v) is 17.7. The minimum Gasteiger partial charge on any atom is -0.354 e. The van der Waals surface area contributed by atoms with Gasteiger partial charge in [0, 0.05) is 49.7 Å². The number of amides is 2. The van der Waals surface area contributed by atoms with Crippen LogP contribution in [0, 0.1) is 11.7 Å². The van der Waals surface area contributed by atoms with E-state index in [-0.39, 0.29) is 48.7 Å². The fourth-order valence-corrected chi connectivity index (χ4v) is 5.19. The van der Waals surface area contributed by atoms with Gasteiger partial charge in [0.05, 0.1) is 6.26 Å². The monoisotopic (exact) mass is 438 g/mol. The fourth-order valence-electron chi connectivity index (χ4n) is 4.42. The van der Waals surface area contributed by atoms with E-state index in [0.29, 0.717) is 25.1 Å². The van der Waals surface area contributed by atoms with E-state index in [1.165, 1.54) is 6.07 Å². The summed E-state index contributed by atoms with van der Waals surface area (Å²) in [6.45, 7) is 1.20. The molecular weight excluding hydrogens is 411 g/mol. The van der Waals surface area contributed by atoms with Crippen LogP contribution in [0.3, 0.4) is 0 Å². The zero-order chi connectivity index (χ0) is 21.5. The molecule has 1 aromatic rings. The number of benzene rings is 1. The normalized spacial score (nSPS) is 27.2. The van der Waals surface area contributed by atoms with Crippen LogP contribution in [-0.2, 0) is 26.2 Å². The first-order chi connectivity index (χ1) is 14.2. The molecule has 0 bridgehead atoms. The maximum Gasteiger partial charge on any atom is 0.242 e. The van der Waals surface area contributed by atoms with E-state index in [2.05, 4.69) is 10.0 Å². The third kappa shape index (κ3) is 4.81. The Morgan fingerprint density at radius 3 is 2.63 bits per heavy atom. The topological polar surface area (TPSA) is 98.8 Å². The molecule has 3 fully saturated rings. The van der Waals surface area contributed by atoms with E-state index in [4.69, 9.17) is 0 Å². The molecule has 1 aliphatic carbocycles. The van der Waals surface area contributed by atoms with E-state index >= 15 is 0 Å². The molecule has 164 valence electrons. The van der Waals surface area contributed by atoms with Crippen molar-refractivity contribution in [3.63, 3.8) is 0 Å². The maximum atomic E-state index is 14.2. The summed E-state index contributed by atoms with van der Waals surface area (Å²) in [4.78, 5) is 29.0. The molecule has 0 unspecified atom stereocenters. The second-order valence-corrected chi connectivity index (χ2v) is 10.3. The summed E-state index contributed by atoms with van der Waals surface area (Å²) < 4.78 is 40.1. The van der Waals surface area contributed by atoms with Crippen LogP contribution in [0.15, 0.2) is 24.3 Å². The predicted octanol–water partition coefficient (Wildman–Crippen LogP) is 0.0548. The Hall–Kier alpha value is -2.04. The highest BCUT2D eigenvalue weighted by atomic mass is 32.2. The van der Waals surface area contributed by atoms with Gasteiger partial charge in [-0.1, -0.05) is 18.2 Å². The van der Waals surface area contributed by atoms with Crippen LogP contribution in [0.2, 0.25) is 0 Å². The van der Waals surface area contributed by atoms with Gasteiger partial charge in [-0.05, 0) is 25.3 Å². The zero-order valence-electron chi connectivity index (χ0n) is 16.9. The Labute approximate surface area is 175 Å². The third-order valence-corrected chi connectivity index (χ3v) is 6.76. The van der Waals surface area contributed by atoms with Gasteiger partial charge in [0.25, 0.3) is 0 Å². The molecule has 2 amide bonds. The van der Waals surface area contributed by atoms with Gasteiger partial charge in [0.2, 0.25) is 21.8 Å². The SMILES string of the molecule is CS(=O)(=O)N[C@H]1C[C@H]2CN(Cc3ccccc3F)[C@@H](CNC(=O)C3CC3)C(=O)N2C1. The van der Waals surface area contributed by atoms with Gasteiger partial charge in [-0.15, -0.1) is 0 Å². The van der Waals surface area contributed by atoms with Crippen LogP contribution in [0.5, 0.6) is 0 Å². The summed E-state index contributed by atoms with van der Waals surface area (Å²) in [5, 5.41) is 2.87. The molecule has 4 rings (SSSR count). The van der Waals surface area contributed by atoms with Crippen molar-refractivity contribution in [2.75, 3.05) is 25.9 Å². The van der Waals surface area contributed by atoms with Crippen molar-refractivity contribution >= 4 is 21.8 Å². The lowest BCUT2D eigenvalue weighted by Gasteiger charge is -2.43. The molecule has 3 aliphatic rings. The van der Waals surface area contributed by atoms with Gasteiger partial charge in [0.1, 0.15) is 11.9 Å². The average molecular weight is 439 g/mol. The Bertz CT molecular complexity index is 936. The van der Waals surface area contributed by atoms with Crippen molar-refractivity contribution in [1.82, 2.24) is 19.8 Å². The van der Waals surface area contributed by atoms with Crippen LogP contribution in [-0.4, -0.2) is 74.0 Å². The minimum atomic E-state index is -3.38. The standard InChI is InChI=1S/C20H27FN4O4S/c1-30(28,29)23-15-8-16-12-24(10-14-4-2-3-5-17(14)21)18(20(27)25(16)11-15)9-22-19(26)13-6-7-13/h2-5,13,15-16,18,23H,6-12H2,1H3,(H,22,26)/t15-,16-,18-/m0/s1. The van der Waals surface area contributed by atoms with Crippen LogP contribution in [0.1, 0.15) is 24.8 Å². The van der Waals surface area contributed by atoms with Crippen molar-refractivity contribution in [1.29, 1.82) is 0 Å². The largest absolute Gasteiger partial charge is 0.354 e. The summed E-state index contributed by atoms with van der Waals surface area (Å²) in [5.41, 5.74) is 0.487. The summed E-state index contributed by atoms with van der Waals surface area (Å²) in [7, 11) is -3.38. The number of sulfonamides is 1. The van der Waals surface area contributed by atoms with Crippen LogP contribution < -0.4 is 10.0 Å². The molecule has 30 heavy (non-hydrogen) atoms. The maximum absolute atomic E-state index is 14.2. The van der Waals surface area contributed by atoms with E-state index in [9.17, 15) is 22.4 Å². The van der Waals surface area contributed by atoms with E-state index in [1.54, 1.807) is 23.1 Å². The van der Waals surface area contributed by atoms with E-state index in [1.807, 2.05) is 4.90 Å². The smallest absolute Gasteiger partial charge is 0.242 e. The molecule has 1 saturated carbocycles. The molecule has 10 heteroatoms. The minimum absolute atomic E-state index is 0.0339. The number of nitrogens with zero attached hydrogens (tertiary/aromatic N) is 2. The lowest BCUT2D eigenvalue weighted by molar-refractivity contribution is -0.144. The molecule has 0 aromatic heterocycles. The van der Waals surface area contributed by atoms with Crippen molar-refractivity contribution in [3.05, 3.63) is 35.6 Å². The highest BCUT2D eigenvalue weighted by Gasteiger charge is 2.46. The molecule has 3 atom stereocenters. The van der Waals surface area contributed by atoms with Crippen molar-refractivity contribution in [3.8, 4) is 0 Å². The first-order valence-corrected chi connectivity index (χ1v) is 12.1. The average Bonchev–Trinajstić information content (AvgIpc) is 3.43. The first kappa shape index (κ1) is 21.2. The lowest BCUT2D eigenvalue weighted by atomic mass is 10.0. The summed E-state index contributed by atoms with van der Waals surface area (Å²) in [6.07, 6.45) is 3.35. The Morgan fingerprint density at radius 2 is 1.97 bits per heavy atom. The van der Waals surface area contributed by atoms with Crippen LogP contribution >= 0.6 is 0 Å². The summed E-state index contributed by atoms with van der Waals surface area (Å²) in [5.74, 6) is -0.506. The molecule has 2 saturated heterocycles. The Kier molecular flexibility index (Phi) is 5.82. The number of piperazine rings is 1. The van der Waals surface area contributed by atoms with Crippen molar-refractivity contribution < 1.29 is 22.4 Å². The number of hydrogen-bond donors (Lipinski definition) is 2. The second-order valence-electron chi connectivity index (χ2n) is 8.52. The lowest BCUT2D eigenvalue weighted by Crippen LogP contribution is -2.62. The van der Waals surface area contributed by atoms with Gasteiger partial charge in [-0.3, -0.25) is 14.5 Å². The number of rotatable bonds is 7. The molecule has 2 heterocycles. The molecule has 2 aliphatic heterocycles. The number of carbonyl (C=O) groups excluding carboxylic acids is 2. The molecule has 2 N–H and O–H groups in total.